The highest BCUT2D eigenvalue weighted by Gasteiger charge is 2.37. The van der Waals surface area contributed by atoms with Gasteiger partial charge in [-0.25, -0.2) is 9.37 Å². The molecule has 5 heterocycles. The van der Waals surface area contributed by atoms with Gasteiger partial charge in [0.2, 0.25) is 0 Å². The first-order valence-electron chi connectivity index (χ1n) is 16.8. The van der Waals surface area contributed by atoms with E-state index in [1.807, 2.05) is 31.3 Å². The van der Waals surface area contributed by atoms with E-state index in [2.05, 4.69) is 45.4 Å². The lowest BCUT2D eigenvalue weighted by Crippen LogP contribution is -2.46. The van der Waals surface area contributed by atoms with Crippen LogP contribution < -0.4 is 20.7 Å². The maximum atomic E-state index is 15.4. The Morgan fingerprint density at radius 1 is 0.957 bits per heavy atom. The summed E-state index contributed by atoms with van der Waals surface area (Å²) >= 11 is 0. The molecule has 10 heteroatoms. The zero-order chi connectivity index (χ0) is 33.0. The molecule has 1 aromatic carbocycles. The molecule has 4 aromatic rings. The van der Waals surface area contributed by atoms with Crippen LogP contribution in [0.4, 0.5) is 27.3 Å². The van der Waals surface area contributed by atoms with Crippen LogP contribution in [0.5, 0.6) is 0 Å². The third kappa shape index (κ3) is 5.73. The number of piperazine rings is 1. The molecule has 1 aliphatic carbocycles. The summed E-state index contributed by atoms with van der Waals surface area (Å²) in [5.41, 5.74) is 7.38. The van der Waals surface area contributed by atoms with Gasteiger partial charge in [-0.05, 0) is 84.3 Å². The number of fused-ring (bicyclic) bond motifs is 3. The topological polar surface area (TPSA) is 78.6 Å². The van der Waals surface area contributed by atoms with Crippen molar-refractivity contribution in [2.45, 2.75) is 53.5 Å². The smallest absolute Gasteiger partial charge is 0.274 e. The lowest BCUT2D eigenvalue weighted by atomic mass is 9.90. The second kappa shape index (κ2) is 12.0. The number of benzene rings is 1. The number of carbonyl (C=O) groups excluding carboxylic acids is 1. The van der Waals surface area contributed by atoms with Gasteiger partial charge in [0.1, 0.15) is 23.0 Å². The van der Waals surface area contributed by atoms with Crippen LogP contribution in [0.1, 0.15) is 55.0 Å². The van der Waals surface area contributed by atoms with Gasteiger partial charge < -0.3 is 29.2 Å². The van der Waals surface area contributed by atoms with Crippen molar-refractivity contribution in [2.24, 2.45) is 12.5 Å². The Morgan fingerprint density at radius 3 is 2.45 bits per heavy atom. The Hall–Kier alpha value is -4.44. The third-order valence-electron chi connectivity index (χ3n) is 10.1. The predicted octanol–water partition coefficient (Wildman–Crippen LogP) is 5.62. The third-order valence-corrected chi connectivity index (χ3v) is 10.1. The number of nitrogens with one attached hydrogen (secondary N) is 1. The number of aromatic nitrogens is 3. The minimum absolute atomic E-state index is 0.0979. The second-order valence-corrected chi connectivity index (χ2v) is 13.9. The predicted molar refractivity (Wildman–Crippen MR) is 186 cm³/mol. The van der Waals surface area contributed by atoms with E-state index in [1.54, 1.807) is 24.2 Å². The number of aryl methyl sites for hydroxylation is 1. The fourth-order valence-corrected chi connectivity index (χ4v) is 7.69. The largest absolute Gasteiger partial charge is 0.368 e. The van der Waals surface area contributed by atoms with Crippen LogP contribution in [0.3, 0.4) is 0 Å². The Labute approximate surface area is 275 Å². The minimum atomic E-state index is -0.425. The van der Waals surface area contributed by atoms with Crippen LogP contribution in [-0.4, -0.2) is 64.2 Å². The highest BCUT2D eigenvalue weighted by molar-refractivity contribution is 6.07. The Bertz CT molecular complexity index is 1900. The normalized spacial score (nSPS) is 17.6. The monoisotopic (exact) mass is 637 g/mol. The Morgan fingerprint density at radius 2 is 1.74 bits per heavy atom. The maximum Gasteiger partial charge on any atom is 0.274 e. The Balaban J connectivity index is 1.18. The summed E-state index contributed by atoms with van der Waals surface area (Å²) in [5, 5.41) is 3.21. The molecule has 0 radical (unpaired) electrons. The molecular weight excluding hydrogens is 593 g/mol. The van der Waals surface area contributed by atoms with Crippen LogP contribution >= 0.6 is 0 Å². The van der Waals surface area contributed by atoms with Gasteiger partial charge in [0.05, 0.1) is 17.6 Å². The SMILES string of the molecule is CCc1c(-c2cc(Nc3ccc(N4CCN(CC)CC4)cn3)c(=O)n(C)c2)cc(F)cc1N1CCn2c(cc3c2CC(C)(C)C3)C1=O. The fraction of sp³-hybridized carbons (Fsp3) is 0.432. The molecule has 0 saturated carbocycles. The molecule has 1 N–H and O–H groups in total. The van der Waals surface area contributed by atoms with Gasteiger partial charge in [-0.15, -0.1) is 0 Å². The zero-order valence-electron chi connectivity index (χ0n) is 28.1. The summed E-state index contributed by atoms with van der Waals surface area (Å²) in [5.74, 6) is 0.0351. The van der Waals surface area contributed by atoms with Crippen molar-refractivity contribution < 1.29 is 9.18 Å². The van der Waals surface area contributed by atoms with Gasteiger partial charge in [-0.3, -0.25) is 9.59 Å². The average Bonchev–Trinajstić information content (AvgIpc) is 3.55. The molecule has 1 fully saturated rings. The van der Waals surface area contributed by atoms with Crippen molar-refractivity contribution in [3.63, 3.8) is 0 Å². The molecule has 0 spiro atoms. The van der Waals surface area contributed by atoms with Gasteiger partial charge in [0.25, 0.3) is 11.5 Å². The van der Waals surface area contributed by atoms with Crippen molar-refractivity contribution in [1.29, 1.82) is 0 Å². The van der Waals surface area contributed by atoms with E-state index in [-0.39, 0.29) is 16.9 Å². The number of carbonyl (C=O) groups is 1. The number of rotatable bonds is 7. The first-order chi connectivity index (χ1) is 22.5. The highest BCUT2D eigenvalue weighted by Crippen LogP contribution is 2.41. The van der Waals surface area contributed by atoms with E-state index in [9.17, 15) is 9.59 Å². The van der Waals surface area contributed by atoms with Gasteiger partial charge in [0.15, 0.2) is 0 Å². The van der Waals surface area contributed by atoms with Crippen molar-refractivity contribution in [3.05, 3.63) is 87.5 Å². The average molecular weight is 638 g/mol. The lowest BCUT2D eigenvalue weighted by molar-refractivity contribution is 0.0964. The molecule has 9 nitrogen and oxygen atoms in total. The molecule has 47 heavy (non-hydrogen) atoms. The molecule has 1 amide bonds. The summed E-state index contributed by atoms with van der Waals surface area (Å²) in [4.78, 5) is 38.3. The molecule has 0 unspecified atom stereocenters. The van der Waals surface area contributed by atoms with Crippen molar-refractivity contribution in [3.8, 4) is 11.1 Å². The first-order valence-corrected chi connectivity index (χ1v) is 16.8. The molecule has 2 aliphatic heterocycles. The summed E-state index contributed by atoms with van der Waals surface area (Å²) in [6.07, 6.45) is 6.07. The van der Waals surface area contributed by atoms with E-state index in [0.717, 1.165) is 56.8 Å². The molecule has 7 rings (SSSR count). The summed E-state index contributed by atoms with van der Waals surface area (Å²) in [6, 6.07) is 10.7. The van der Waals surface area contributed by atoms with E-state index < -0.39 is 5.82 Å². The van der Waals surface area contributed by atoms with E-state index >= 15 is 4.39 Å². The van der Waals surface area contributed by atoms with Gasteiger partial charge >= 0.3 is 0 Å². The number of pyridine rings is 2. The van der Waals surface area contributed by atoms with Crippen molar-refractivity contribution >= 4 is 28.8 Å². The molecular formula is C37H44FN7O2. The highest BCUT2D eigenvalue weighted by atomic mass is 19.1. The van der Waals surface area contributed by atoms with E-state index in [0.29, 0.717) is 53.5 Å². The van der Waals surface area contributed by atoms with Crippen LogP contribution in [0.15, 0.2) is 53.6 Å². The number of amides is 1. The number of halogens is 1. The molecule has 0 bridgehead atoms. The van der Waals surface area contributed by atoms with Gasteiger partial charge in [-0.1, -0.05) is 27.7 Å². The van der Waals surface area contributed by atoms with Gasteiger partial charge in [-0.2, -0.15) is 0 Å². The molecule has 1 saturated heterocycles. The summed E-state index contributed by atoms with van der Waals surface area (Å²) < 4.78 is 19.1. The second-order valence-electron chi connectivity index (χ2n) is 13.9. The number of hydrogen-bond acceptors (Lipinski definition) is 6. The number of likely N-dealkylation sites (N-methyl/N-ethyl adjacent to an activating group) is 1. The van der Waals surface area contributed by atoms with Crippen molar-refractivity contribution in [1.82, 2.24) is 19.0 Å². The number of nitrogens with zero attached hydrogens (tertiary/aromatic N) is 6. The number of hydrogen-bond donors (Lipinski definition) is 1. The van der Waals surface area contributed by atoms with Crippen LogP contribution in [0.25, 0.3) is 11.1 Å². The molecule has 3 aromatic heterocycles. The maximum absolute atomic E-state index is 15.4. The fourth-order valence-electron chi connectivity index (χ4n) is 7.69. The molecule has 246 valence electrons. The quantitative estimate of drug-likeness (QED) is 0.284. The van der Waals surface area contributed by atoms with Crippen molar-refractivity contribution in [2.75, 3.05) is 54.4 Å². The van der Waals surface area contributed by atoms with E-state index in [1.165, 1.54) is 28.0 Å². The standard InChI is InChI=1S/C37H44FN7O2/c1-6-28-29(18-26(38)19-31(28)45-15-14-44-32(36(45)47)17-24-20-37(3,4)21-33(24)44)25-16-30(35(46)41(5)23-25)40-34-9-8-27(22-39-34)43-12-10-42(7-2)11-13-43/h8-9,16-19,22-23H,6-7,10-15,20-21H2,1-5H3,(H,39,40). The first kappa shape index (κ1) is 31.2. The lowest BCUT2D eigenvalue weighted by Gasteiger charge is -2.35. The van der Waals surface area contributed by atoms with Crippen LogP contribution in [-0.2, 0) is 32.9 Å². The summed E-state index contributed by atoms with van der Waals surface area (Å²) in [7, 11) is 1.69. The minimum Gasteiger partial charge on any atom is -0.368 e. The molecule has 3 aliphatic rings. The molecule has 0 atom stereocenters. The van der Waals surface area contributed by atoms with Gasteiger partial charge in [0, 0.05) is 63.8 Å². The Kier molecular flexibility index (Phi) is 7.94. The number of anilines is 4. The zero-order valence-corrected chi connectivity index (χ0v) is 28.1. The van der Waals surface area contributed by atoms with E-state index in [4.69, 9.17) is 0 Å². The summed E-state index contributed by atoms with van der Waals surface area (Å²) in [6.45, 7) is 14.9. The van der Waals surface area contributed by atoms with Crippen LogP contribution in [0, 0.1) is 11.2 Å². The van der Waals surface area contributed by atoms with Crippen LogP contribution in [0.2, 0.25) is 0 Å².